The summed E-state index contributed by atoms with van der Waals surface area (Å²) in [7, 11) is 3.54. The Balaban J connectivity index is 1.67. The maximum absolute atomic E-state index is 12.8. The quantitative estimate of drug-likeness (QED) is 0.600. The second-order valence-electron chi connectivity index (χ2n) is 7.87. The number of aryl methyl sites for hydroxylation is 2. The molecule has 0 atom stereocenters. The number of hydrogen-bond acceptors (Lipinski definition) is 5. The van der Waals surface area contributed by atoms with Crippen molar-refractivity contribution < 1.29 is 14.3 Å². The second-order valence-corrected chi connectivity index (χ2v) is 8.97. The van der Waals surface area contributed by atoms with E-state index in [-0.39, 0.29) is 18.4 Å². The lowest BCUT2D eigenvalue weighted by molar-refractivity contribution is -0.117. The van der Waals surface area contributed by atoms with Gasteiger partial charge in [0.15, 0.2) is 0 Å². The van der Waals surface area contributed by atoms with Gasteiger partial charge in [0.05, 0.1) is 18.7 Å². The highest BCUT2D eigenvalue weighted by atomic mass is 32.1. The molecule has 2 amide bonds. The number of ether oxygens (including phenoxy) is 1. The van der Waals surface area contributed by atoms with Gasteiger partial charge in [-0.2, -0.15) is 0 Å². The van der Waals surface area contributed by atoms with Crippen LogP contribution in [0.25, 0.3) is 0 Å². The van der Waals surface area contributed by atoms with Crippen molar-refractivity contribution in [3.8, 4) is 0 Å². The molecule has 0 unspecified atom stereocenters. The minimum absolute atomic E-state index is 0.103. The van der Waals surface area contributed by atoms with E-state index in [0.29, 0.717) is 30.3 Å². The third kappa shape index (κ3) is 5.90. The highest BCUT2D eigenvalue weighted by molar-refractivity contribution is 7.17. The van der Waals surface area contributed by atoms with Crippen LogP contribution in [0.2, 0.25) is 0 Å². The molecule has 3 rings (SSSR count). The summed E-state index contributed by atoms with van der Waals surface area (Å²) in [5.74, 6) is -0.232. The van der Waals surface area contributed by atoms with Crippen molar-refractivity contribution in [2.45, 2.75) is 39.2 Å². The predicted octanol–water partition coefficient (Wildman–Crippen LogP) is 3.38. The first kappa shape index (κ1) is 22.5. The van der Waals surface area contributed by atoms with Gasteiger partial charge < -0.3 is 15.4 Å². The third-order valence-electron chi connectivity index (χ3n) is 5.23. The van der Waals surface area contributed by atoms with Gasteiger partial charge in [-0.05, 0) is 50.8 Å². The Hall–Kier alpha value is -2.22. The molecule has 2 aromatic rings. The summed E-state index contributed by atoms with van der Waals surface area (Å²) in [4.78, 5) is 28.7. The lowest BCUT2D eigenvalue weighted by Crippen LogP contribution is -2.31. The van der Waals surface area contributed by atoms with Gasteiger partial charge in [0.2, 0.25) is 5.91 Å². The van der Waals surface area contributed by atoms with Crippen molar-refractivity contribution in [1.29, 1.82) is 0 Å². The number of nitrogens with one attached hydrogen (secondary N) is 2. The number of carbonyl (C=O) groups is 2. The molecule has 0 saturated carbocycles. The van der Waals surface area contributed by atoms with Gasteiger partial charge in [0, 0.05) is 25.1 Å². The molecule has 162 valence electrons. The van der Waals surface area contributed by atoms with Crippen molar-refractivity contribution >= 4 is 28.2 Å². The van der Waals surface area contributed by atoms with E-state index in [2.05, 4.69) is 41.8 Å². The normalized spacial score (nSPS) is 13.2. The van der Waals surface area contributed by atoms with Gasteiger partial charge >= 0.3 is 0 Å². The highest BCUT2D eigenvalue weighted by Crippen LogP contribution is 2.38. The number of thiophene rings is 1. The average molecular weight is 430 g/mol. The van der Waals surface area contributed by atoms with Crippen LogP contribution in [-0.4, -0.2) is 50.6 Å². The van der Waals surface area contributed by atoms with Crippen LogP contribution in [-0.2, 0) is 28.9 Å². The molecule has 2 N–H and O–H groups in total. The molecule has 6 nitrogen and oxygen atoms in total. The largest absolute Gasteiger partial charge is 0.383 e. The number of carbonyl (C=O) groups excluding carboxylic acids is 2. The van der Waals surface area contributed by atoms with E-state index < -0.39 is 0 Å². The molecule has 1 aromatic carbocycles. The molecule has 1 aliphatic rings. The minimum atomic E-state index is -0.130. The zero-order valence-electron chi connectivity index (χ0n) is 18.0. The molecule has 0 radical (unpaired) electrons. The molecule has 0 spiro atoms. The summed E-state index contributed by atoms with van der Waals surface area (Å²) in [6.45, 7) is 3.93. The highest BCUT2D eigenvalue weighted by Gasteiger charge is 2.26. The Kier molecular flexibility index (Phi) is 8.01. The zero-order chi connectivity index (χ0) is 21.5. The summed E-state index contributed by atoms with van der Waals surface area (Å²) >= 11 is 1.55. The van der Waals surface area contributed by atoms with Crippen LogP contribution < -0.4 is 10.6 Å². The first-order chi connectivity index (χ1) is 14.5. The summed E-state index contributed by atoms with van der Waals surface area (Å²) in [5, 5.41) is 6.59. The van der Waals surface area contributed by atoms with Gasteiger partial charge in [-0.1, -0.05) is 29.8 Å². The number of hydrogen-bond donors (Lipinski definition) is 2. The number of rotatable bonds is 9. The Morgan fingerprint density at radius 2 is 1.90 bits per heavy atom. The summed E-state index contributed by atoms with van der Waals surface area (Å²) in [6.07, 6.45) is 4.07. The Bertz CT molecular complexity index is 877. The van der Waals surface area contributed by atoms with Gasteiger partial charge in [-0.25, -0.2) is 0 Å². The number of nitrogens with zero attached hydrogens (tertiary/aromatic N) is 1. The van der Waals surface area contributed by atoms with Crippen LogP contribution >= 0.6 is 11.3 Å². The van der Waals surface area contributed by atoms with E-state index in [4.69, 9.17) is 4.74 Å². The molecule has 1 aromatic heterocycles. The monoisotopic (exact) mass is 429 g/mol. The minimum Gasteiger partial charge on any atom is -0.383 e. The number of anilines is 1. The first-order valence-corrected chi connectivity index (χ1v) is 11.2. The molecule has 0 bridgehead atoms. The van der Waals surface area contributed by atoms with Crippen molar-refractivity contribution in [2.75, 3.05) is 39.2 Å². The molecule has 1 heterocycles. The maximum atomic E-state index is 12.8. The fraction of sp³-hybridized carbons (Fsp3) is 0.478. The first-order valence-electron chi connectivity index (χ1n) is 10.4. The van der Waals surface area contributed by atoms with Crippen LogP contribution in [0.3, 0.4) is 0 Å². The van der Waals surface area contributed by atoms with Crippen LogP contribution in [0.1, 0.15) is 44.8 Å². The molecule has 0 aliphatic heterocycles. The zero-order valence-corrected chi connectivity index (χ0v) is 18.9. The fourth-order valence-electron chi connectivity index (χ4n) is 3.72. The van der Waals surface area contributed by atoms with Crippen molar-refractivity contribution in [2.24, 2.45) is 0 Å². The van der Waals surface area contributed by atoms with Crippen LogP contribution in [0.4, 0.5) is 5.00 Å². The van der Waals surface area contributed by atoms with Crippen LogP contribution in [0.15, 0.2) is 24.3 Å². The van der Waals surface area contributed by atoms with Gasteiger partial charge in [-0.15, -0.1) is 11.3 Å². The molecular weight excluding hydrogens is 398 g/mol. The molecule has 30 heavy (non-hydrogen) atoms. The Morgan fingerprint density at radius 1 is 1.17 bits per heavy atom. The van der Waals surface area contributed by atoms with Crippen molar-refractivity contribution in [1.82, 2.24) is 10.2 Å². The average Bonchev–Trinajstić information content (AvgIpc) is 3.07. The Morgan fingerprint density at radius 3 is 2.63 bits per heavy atom. The lowest BCUT2D eigenvalue weighted by Gasteiger charge is -2.17. The van der Waals surface area contributed by atoms with E-state index in [1.165, 1.54) is 16.0 Å². The van der Waals surface area contributed by atoms with Crippen molar-refractivity contribution in [3.63, 3.8) is 0 Å². The standard InChI is InChI=1S/C23H31N3O3S/c1-16-8-10-17(11-9-16)14-26(2)15-20(27)25-23-21(22(28)24-12-13-29-3)18-6-4-5-7-19(18)30-23/h8-11H,4-7,12-15H2,1-3H3,(H,24,28)(H,25,27). The van der Waals surface area contributed by atoms with E-state index in [1.807, 2.05) is 11.9 Å². The van der Waals surface area contributed by atoms with Gasteiger partial charge in [0.25, 0.3) is 5.91 Å². The van der Waals surface area contributed by atoms with E-state index in [1.54, 1.807) is 18.4 Å². The number of amides is 2. The third-order valence-corrected chi connectivity index (χ3v) is 6.44. The number of likely N-dealkylation sites (N-methyl/N-ethyl adjacent to an activating group) is 1. The van der Waals surface area contributed by atoms with E-state index in [9.17, 15) is 9.59 Å². The number of methoxy groups -OCH3 is 1. The van der Waals surface area contributed by atoms with Crippen LogP contribution in [0.5, 0.6) is 0 Å². The topological polar surface area (TPSA) is 70.7 Å². The molecule has 0 fully saturated rings. The van der Waals surface area contributed by atoms with Gasteiger partial charge in [0.1, 0.15) is 5.00 Å². The number of benzene rings is 1. The predicted molar refractivity (Wildman–Crippen MR) is 121 cm³/mol. The smallest absolute Gasteiger partial charge is 0.254 e. The van der Waals surface area contributed by atoms with Crippen LogP contribution in [0, 0.1) is 6.92 Å². The maximum Gasteiger partial charge on any atom is 0.254 e. The van der Waals surface area contributed by atoms with Gasteiger partial charge in [-0.3, -0.25) is 14.5 Å². The van der Waals surface area contributed by atoms with Crippen molar-refractivity contribution in [3.05, 3.63) is 51.4 Å². The fourth-order valence-corrected chi connectivity index (χ4v) is 5.02. The summed E-state index contributed by atoms with van der Waals surface area (Å²) < 4.78 is 5.03. The second kappa shape index (κ2) is 10.7. The van der Waals surface area contributed by atoms with E-state index >= 15 is 0 Å². The summed E-state index contributed by atoms with van der Waals surface area (Å²) in [6, 6.07) is 8.32. The number of fused-ring (bicyclic) bond motifs is 1. The molecule has 0 saturated heterocycles. The SMILES string of the molecule is COCCNC(=O)c1c(NC(=O)CN(C)Cc2ccc(C)cc2)sc2c1CCCC2. The molecular formula is C23H31N3O3S. The van der Waals surface area contributed by atoms with E-state index in [0.717, 1.165) is 31.2 Å². The summed E-state index contributed by atoms with van der Waals surface area (Å²) in [5.41, 5.74) is 4.13. The Labute approximate surface area is 182 Å². The lowest BCUT2D eigenvalue weighted by atomic mass is 9.95. The molecule has 7 heteroatoms. The molecule has 1 aliphatic carbocycles.